The summed E-state index contributed by atoms with van der Waals surface area (Å²) in [5, 5.41) is 3.01. The molecule has 32 heavy (non-hydrogen) atoms. The molecule has 7 nitrogen and oxygen atoms in total. The summed E-state index contributed by atoms with van der Waals surface area (Å²) in [5.41, 5.74) is 3.92. The van der Waals surface area contributed by atoms with Crippen LogP contribution in [0.1, 0.15) is 40.7 Å². The molecular weight excluding hydrogens is 426 g/mol. The normalized spacial score (nSPS) is 17.9. The summed E-state index contributed by atoms with van der Waals surface area (Å²) < 4.78 is 33.2. The summed E-state index contributed by atoms with van der Waals surface area (Å²) in [6, 6.07) is 10.9. The van der Waals surface area contributed by atoms with Crippen molar-refractivity contribution < 1.29 is 17.9 Å². The highest BCUT2D eigenvalue weighted by molar-refractivity contribution is 7.89. The average Bonchev–Trinajstić information content (AvgIpc) is 2.82. The molecule has 2 heterocycles. The fourth-order valence-electron chi connectivity index (χ4n) is 4.26. The van der Waals surface area contributed by atoms with E-state index in [0.717, 1.165) is 48.4 Å². The summed E-state index contributed by atoms with van der Waals surface area (Å²) in [5.74, 6) is -0.293. The van der Waals surface area contributed by atoms with Crippen LogP contribution >= 0.6 is 0 Å². The lowest BCUT2D eigenvalue weighted by Crippen LogP contribution is -2.40. The van der Waals surface area contributed by atoms with Crippen LogP contribution in [-0.2, 0) is 14.8 Å². The van der Waals surface area contributed by atoms with Gasteiger partial charge in [0.05, 0.1) is 23.7 Å². The van der Waals surface area contributed by atoms with Crippen molar-refractivity contribution in [3.63, 3.8) is 0 Å². The maximum absolute atomic E-state index is 13.4. The SMILES string of the molecule is Cc1ccc(C)c(NC(=O)c2cc(S(=O)(=O)N3CCOCC3)ccc2N2CCCCC2)c1. The van der Waals surface area contributed by atoms with Crippen LogP contribution in [0, 0.1) is 13.8 Å². The number of rotatable bonds is 5. The first-order valence-corrected chi connectivity index (χ1v) is 12.7. The van der Waals surface area contributed by atoms with Gasteiger partial charge in [0.1, 0.15) is 0 Å². The molecule has 4 rings (SSSR count). The molecule has 0 bridgehead atoms. The third-order valence-electron chi connectivity index (χ3n) is 6.16. The van der Waals surface area contributed by atoms with Gasteiger partial charge in [-0.15, -0.1) is 0 Å². The van der Waals surface area contributed by atoms with E-state index in [1.54, 1.807) is 12.1 Å². The van der Waals surface area contributed by atoms with Gasteiger partial charge >= 0.3 is 0 Å². The molecule has 0 saturated carbocycles. The maximum atomic E-state index is 13.4. The molecule has 0 atom stereocenters. The minimum Gasteiger partial charge on any atom is -0.379 e. The molecule has 0 aromatic heterocycles. The number of sulfonamides is 1. The highest BCUT2D eigenvalue weighted by Crippen LogP contribution is 2.30. The van der Waals surface area contributed by atoms with Gasteiger partial charge in [-0.2, -0.15) is 4.31 Å². The highest BCUT2D eigenvalue weighted by Gasteiger charge is 2.29. The first-order chi connectivity index (χ1) is 15.4. The number of piperidine rings is 1. The van der Waals surface area contributed by atoms with Crippen LogP contribution < -0.4 is 10.2 Å². The lowest BCUT2D eigenvalue weighted by atomic mass is 10.1. The molecular formula is C24H31N3O4S. The fraction of sp³-hybridized carbons (Fsp3) is 0.458. The van der Waals surface area contributed by atoms with Crippen LogP contribution in [0.25, 0.3) is 0 Å². The lowest BCUT2D eigenvalue weighted by molar-refractivity contribution is 0.0730. The smallest absolute Gasteiger partial charge is 0.257 e. The van der Waals surface area contributed by atoms with Gasteiger partial charge in [-0.05, 0) is 68.5 Å². The summed E-state index contributed by atoms with van der Waals surface area (Å²) in [4.78, 5) is 15.8. The van der Waals surface area contributed by atoms with E-state index in [4.69, 9.17) is 4.74 Å². The van der Waals surface area contributed by atoms with Crippen molar-refractivity contribution in [3.8, 4) is 0 Å². The van der Waals surface area contributed by atoms with Crippen molar-refractivity contribution in [2.75, 3.05) is 49.6 Å². The molecule has 2 aliphatic heterocycles. The number of hydrogen-bond acceptors (Lipinski definition) is 5. The van der Waals surface area contributed by atoms with Gasteiger partial charge in [0.25, 0.3) is 5.91 Å². The summed E-state index contributed by atoms with van der Waals surface area (Å²) in [7, 11) is -3.70. The van der Waals surface area contributed by atoms with Crippen molar-refractivity contribution in [2.24, 2.45) is 0 Å². The number of morpholine rings is 1. The summed E-state index contributed by atoms with van der Waals surface area (Å²) in [6.07, 6.45) is 3.29. The Labute approximate surface area is 190 Å². The number of carbonyl (C=O) groups excluding carboxylic acids is 1. The number of carbonyl (C=O) groups is 1. The van der Waals surface area contributed by atoms with Gasteiger partial charge < -0.3 is 15.0 Å². The zero-order valence-electron chi connectivity index (χ0n) is 18.8. The predicted molar refractivity (Wildman–Crippen MR) is 126 cm³/mol. The molecule has 172 valence electrons. The number of hydrogen-bond donors (Lipinski definition) is 1. The van der Waals surface area contributed by atoms with Crippen LogP contribution in [0.3, 0.4) is 0 Å². The maximum Gasteiger partial charge on any atom is 0.257 e. The Morgan fingerprint density at radius 1 is 0.938 bits per heavy atom. The van der Waals surface area contributed by atoms with E-state index in [0.29, 0.717) is 31.9 Å². The van der Waals surface area contributed by atoms with Crippen LogP contribution in [0.4, 0.5) is 11.4 Å². The number of ether oxygens (including phenoxy) is 1. The van der Waals surface area contributed by atoms with Crippen molar-refractivity contribution >= 4 is 27.3 Å². The minimum atomic E-state index is -3.70. The van der Waals surface area contributed by atoms with Gasteiger partial charge in [0, 0.05) is 37.6 Å². The Balaban J connectivity index is 1.72. The second-order valence-corrected chi connectivity index (χ2v) is 10.5. The summed E-state index contributed by atoms with van der Waals surface area (Å²) in [6.45, 7) is 7.04. The van der Waals surface area contributed by atoms with Crippen molar-refractivity contribution in [1.82, 2.24) is 4.31 Å². The second-order valence-electron chi connectivity index (χ2n) is 8.52. The number of nitrogens with zero attached hydrogens (tertiary/aromatic N) is 2. The molecule has 2 aromatic rings. The van der Waals surface area contributed by atoms with Gasteiger partial charge in [-0.3, -0.25) is 4.79 Å². The van der Waals surface area contributed by atoms with E-state index in [-0.39, 0.29) is 10.8 Å². The molecule has 2 saturated heterocycles. The Morgan fingerprint density at radius 3 is 2.38 bits per heavy atom. The largest absolute Gasteiger partial charge is 0.379 e. The fourth-order valence-corrected chi connectivity index (χ4v) is 5.70. The minimum absolute atomic E-state index is 0.145. The number of amides is 1. The molecule has 8 heteroatoms. The molecule has 2 aromatic carbocycles. The number of aryl methyl sites for hydroxylation is 2. The van der Waals surface area contributed by atoms with Crippen molar-refractivity contribution in [2.45, 2.75) is 38.0 Å². The second kappa shape index (κ2) is 9.60. The molecule has 1 amide bonds. The van der Waals surface area contributed by atoms with Gasteiger partial charge in [-0.1, -0.05) is 12.1 Å². The first-order valence-electron chi connectivity index (χ1n) is 11.2. The van der Waals surface area contributed by atoms with E-state index in [1.807, 2.05) is 32.0 Å². The molecule has 0 radical (unpaired) electrons. The highest BCUT2D eigenvalue weighted by atomic mass is 32.2. The van der Waals surface area contributed by atoms with Crippen molar-refractivity contribution in [3.05, 3.63) is 53.1 Å². The van der Waals surface area contributed by atoms with Gasteiger partial charge in [0.2, 0.25) is 10.0 Å². The van der Waals surface area contributed by atoms with E-state index < -0.39 is 10.0 Å². The van der Waals surface area contributed by atoms with Gasteiger partial charge in [0.15, 0.2) is 0 Å². The standard InChI is InChI=1S/C24H31N3O4S/c1-18-6-7-19(2)22(16-18)25-24(28)21-17-20(32(29,30)27-12-14-31-15-13-27)8-9-23(21)26-10-4-3-5-11-26/h6-9,16-17H,3-5,10-15H2,1-2H3,(H,25,28). The van der Waals surface area contributed by atoms with E-state index >= 15 is 0 Å². The summed E-state index contributed by atoms with van der Waals surface area (Å²) >= 11 is 0. The quantitative estimate of drug-likeness (QED) is 0.743. The molecule has 0 aliphatic carbocycles. The Kier molecular flexibility index (Phi) is 6.83. The first kappa shape index (κ1) is 22.8. The third kappa shape index (κ3) is 4.82. The molecule has 1 N–H and O–H groups in total. The lowest BCUT2D eigenvalue weighted by Gasteiger charge is -2.31. The molecule has 2 fully saturated rings. The third-order valence-corrected chi connectivity index (χ3v) is 8.05. The van der Waals surface area contributed by atoms with E-state index in [9.17, 15) is 13.2 Å². The monoisotopic (exact) mass is 457 g/mol. The number of benzene rings is 2. The molecule has 0 unspecified atom stereocenters. The molecule has 0 spiro atoms. The Morgan fingerprint density at radius 2 is 1.66 bits per heavy atom. The zero-order valence-corrected chi connectivity index (χ0v) is 19.6. The van der Waals surface area contributed by atoms with Crippen LogP contribution in [0.5, 0.6) is 0 Å². The van der Waals surface area contributed by atoms with E-state index in [1.165, 1.54) is 16.8 Å². The van der Waals surface area contributed by atoms with Crippen LogP contribution in [0.15, 0.2) is 41.3 Å². The van der Waals surface area contributed by atoms with Gasteiger partial charge in [-0.25, -0.2) is 8.42 Å². The number of nitrogens with one attached hydrogen (secondary N) is 1. The van der Waals surface area contributed by atoms with E-state index in [2.05, 4.69) is 10.2 Å². The average molecular weight is 458 g/mol. The topological polar surface area (TPSA) is 79.0 Å². The molecule has 2 aliphatic rings. The zero-order chi connectivity index (χ0) is 22.7. The Hall–Kier alpha value is -2.42. The van der Waals surface area contributed by atoms with Crippen LogP contribution in [0.2, 0.25) is 0 Å². The van der Waals surface area contributed by atoms with Crippen molar-refractivity contribution in [1.29, 1.82) is 0 Å². The number of anilines is 2. The Bertz CT molecular complexity index is 1090. The predicted octanol–water partition coefficient (Wildman–Crippen LogP) is 3.57. The van der Waals surface area contributed by atoms with Crippen LogP contribution in [-0.4, -0.2) is 58.0 Å².